The Balaban J connectivity index is 1.97. The molecular weight excluding hydrogens is 242 g/mol. The van der Waals surface area contributed by atoms with Crippen molar-refractivity contribution in [2.24, 2.45) is 0 Å². The van der Waals surface area contributed by atoms with Crippen molar-refractivity contribution in [3.63, 3.8) is 0 Å². The number of hydrogen-bond donors (Lipinski definition) is 1. The largest absolute Gasteiger partial charge is 0.508 e. The van der Waals surface area contributed by atoms with Crippen LogP contribution in [0.1, 0.15) is 0 Å². The first-order valence-electron chi connectivity index (χ1n) is 5.63. The van der Waals surface area contributed by atoms with Crippen molar-refractivity contribution in [2.45, 2.75) is 0 Å². The van der Waals surface area contributed by atoms with E-state index < -0.39 is 0 Å². The lowest BCUT2D eigenvalue weighted by atomic mass is 10.2. The second kappa shape index (κ2) is 4.63. The van der Waals surface area contributed by atoms with Crippen LogP contribution in [0.3, 0.4) is 0 Å². The highest BCUT2D eigenvalue weighted by molar-refractivity contribution is 7.18. The zero-order chi connectivity index (χ0) is 12.4. The molecule has 0 aliphatic carbocycles. The monoisotopic (exact) mass is 253 g/mol. The molecule has 0 radical (unpaired) electrons. The molecule has 3 rings (SSSR count). The Labute approximate surface area is 109 Å². The minimum absolute atomic E-state index is 0.276. The van der Waals surface area contributed by atoms with Crippen molar-refractivity contribution in [2.75, 3.05) is 0 Å². The van der Waals surface area contributed by atoms with E-state index in [1.807, 2.05) is 36.5 Å². The normalized spacial score (nSPS) is 10.4. The van der Waals surface area contributed by atoms with E-state index >= 15 is 0 Å². The van der Waals surface area contributed by atoms with Gasteiger partial charge in [0.2, 0.25) is 0 Å². The predicted octanol–water partition coefficient (Wildman–Crippen LogP) is 4.18. The van der Waals surface area contributed by atoms with Gasteiger partial charge < -0.3 is 5.11 Å². The minimum atomic E-state index is 0.276. The number of hydrogen-bond acceptors (Lipinski definition) is 3. The number of aromatic nitrogens is 1. The average molecular weight is 253 g/mol. The van der Waals surface area contributed by atoms with E-state index in [-0.39, 0.29) is 5.75 Å². The summed E-state index contributed by atoms with van der Waals surface area (Å²) in [6.07, 6.45) is 1.89. The third kappa shape index (κ3) is 2.13. The fourth-order valence-corrected chi connectivity index (χ4v) is 2.67. The van der Waals surface area contributed by atoms with Crippen LogP contribution in [-0.4, -0.2) is 10.1 Å². The number of rotatable bonds is 2. The molecule has 1 heterocycles. The summed E-state index contributed by atoms with van der Waals surface area (Å²) in [5, 5.41) is 10.2. The highest BCUT2D eigenvalue weighted by atomic mass is 32.1. The van der Waals surface area contributed by atoms with Crippen molar-refractivity contribution >= 4 is 11.3 Å². The first-order valence-corrected chi connectivity index (χ1v) is 6.45. The lowest BCUT2D eigenvalue weighted by molar-refractivity contribution is 0.475. The lowest BCUT2D eigenvalue weighted by Crippen LogP contribution is -1.73. The maximum absolute atomic E-state index is 9.27. The zero-order valence-electron chi connectivity index (χ0n) is 9.58. The molecule has 0 fully saturated rings. The van der Waals surface area contributed by atoms with Crippen LogP contribution in [0.4, 0.5) is 0 Å². The summed E-state index contributed by atoms with van der Waals surface area (Å²) in [6, 6.07) is 17.3. The summed E-state index contributed by atoms with van der Waals surface area (Å²) in [5.41, 5.74) is 2.21. The molecule has 2 nitrogen and oxygen atoms in total. The van der Waals surface area contributed by atoms with Crippen LogP contribution in [-0.2, 0) is 0 Å². The molecule has 88 valence electrons. The number of aromatic hydroxyl groups is 1. The maximum Gasteiger partial charge on any atom is 0.123 e. The topological polar surface area (TPSA) is 33.1 Å². The highest BCUT2D eigenvalue weighted by Crippen LogP contribution is 2.32. The van der Waals surface area contributed by atoms with Gasteiger partial charge in [-0.1, -0.05) is 30.3 Å². The Morgan fingerprint density at radius 1 is 0.833 bits per heavy atom. The smallest absolute Gasteiger partial charge is 0.123 e. The van der Waals surface area contributed by atoms with Gasteiger partial charge in [-0.15, -0.1) is 11.3 Å². The van der Waals surface area contributed by atoms with Crippen molar-refractivity contribution in [1.29, 1.82) is 0 Å². The Kier molecular flexibility index (Phi) is 2.82. The number of phenolic OH excluding ortho intramolecular Hbond substituents is 1. The quantitative estimate of drug-likeness (QED) is 0.743. The van der Waals surface area contributed by atoms with Gasteiger partial charge in [0.15, 0.2) is 0 Å². The predicted molar refractivity (Wildman–Crippen MR) is 74.7 cm³/mol. The molecule has 0 atom stereocenters. The van der Waals surface area contributed by atoms with E-state index in [2.05, 4.69) is 17.1 Å². The van der Waals surface area contributed by atoms with Gasteiger partial charge in [-0.2, -0.15) is 0 Å². The van der Waals surface area contributed by atoms with Gasteiger partial charge in [0.1, 0.15) is 10.8 Å². The highest BCUT2D eigenvalue weighted by Gasteiger charge is 2.06. The van der Waals surface area contributed by atoms with E-state index in [0.29, 0.717) is 0 Å². The Morgan fingerprint density at radius 3 is 2.28 bits per heavy atom. The van der Waals surface area contributed by atoms with Gasteiger partial charge in [-0.05, 0) is 29.8 Å². The summed E-state index contributed by atoms with van der Waals surface area (Å²) in [7, 11) is 0. The molecule has 1 N–H and O–H groups in total. The van der Waals surface area contributed by atoms with Gasteiger partial charge in [0, 0.05) is 11.8 Å². The summed E-state index contributed by atoms with van der Waals surface area (Å²) < 4.78 is 0. The zero-order valence-corrected chi connectivity index (χ0v) is 10.4. The molecule has 0 saturated carbocycles. The fourth-order valence-electron chi connectivity index (χ4n) is 1.75. The molecule has 0 aliphatic heterocycles. The standard InChI is InChI=1S/C15H11NOS/c17-13-8-6-12(7-9-13)15-16-10-14(18-15)11-4-2-1-3-5-11/h1-10,17H. The number of nitrogens with zero attached hydrogens (tertiary/aromatic N) is 1. The van der Waals surface area contributed by atoms with Gasteiger partial charge >= 0.3 is 0 Å². The Morgan fingerprint density at radius 2 is 1.56 bits per heavy atom. The van der Waals surface area contributed by atoms with Crippen molar-refractivity contribution in [3.05, 3.63) is 60.8 Å². The molecule has 0 saturated heterocycles. The molecular formula is C15H11NOS. The molecule has 0 bridgehead atoms. The summed E-state index contributed by atoms with van der Waals surface area (Å²) in [6.45, 7) is 0. The van der Waals surface area contributed by atoms with E-state index in [1.54, 1.807) is 23.5 Å². The summed E-state index contributed by atoms with van der Waals surface area (Å²) in [5.74, 6) is 0.276. The lowest BCUT2D eigenvalue weighted by Gasteiger charge is -1.96. The van der Waals surface area contributed by atoms with Crippen LogP contribution < -0.4 is 0 Å². The second-order valence-electron chi connectivity index (χ2n) is 3.94. The molecule has 0 amide bonds. The third-order valence-corrected chi connectivity index (χ3v) is 3.77. The van der Waals surface area contributed by atoms with Crippen LogP contribution in [0.15, 0.2) is 60.8 Å². The molecule has 1 aromatic heterocycles. The second-order valence-corrected chi connectivity index (χ2v) is 4.97. The van der Waals surface area contributed by atoms with E-state index in [4.69, 9.17) is 0 Å². The van der Waals surface area contributed by atoms with Crippen LogP contribution in [0.2, 0.25) is 0 Å². The fraction of sp³-hybridized carbons (Fsp3) is 0. The molecule has 18 heavy (non-hydrogen) atoms. The SMILES string of the molecule is Oc1ccc(-c2ncc(-c3ccccc3)s2)cc1. The van der Waals surface area contributed by atoms with Gasteiger partial charge in [0.05, 0.1) is 4.88 Å². The number of benzene rings is 2. The van der Waals surface area contributed by atoms with Crippen molar-refractivity contribution < 1.29 is 5.11 Å². The van der Waals surface area contributed by atoms with Crippen molar-refractivity contribution in [3.8, 4) is 26.8 Å². The van der Waals surface area contributed by atoms with Crippen LogP contribution in [0.5, 0.6) is 5.75 Å². The molecule has 0 aliphatic rings. The van der Waals surface area contributed by atoms with Gasteiger partial charge in [0.25, 0.3) is 0 Å². The van der Waals surface area contributed by atoms with Crippen molar-refractivity contribution in [1.82, 2.24) is 4.98 Å². The maximum atomic E-state index is 9.27. The van der Waals surface area contributed by atoms with Crippen LogP contribution >= 0.6 is 11.3 Å². The van der Waals surface area contributed by atoms with Crippen LogP contribution in [0, 0.1) is 0 Å². The minimum Gasteiger partial charge on any atom is -0.508 e. The van der Waals surface area contributed by atoms with Gasteiger partial charge in [-0.25, -0.2) is 4.98 Å². The molecule has 0 spiro atoms. The average Bonchev–Trinajstić information content (AvgIpc) is 2.90. The number of thiazole rings is 1. The van der Waals surface area contributed by atoms with E-state index in [9.17, 15) is 5.11 Å². The third-order valence-electron chi connectivity index (χ3n) is 2.68. The van der Waals surface area contributed by atoms with Gasteiger partial charge in [-0.3, -0.25) is 0 Å². The van der Waals surface area contributed by atoms with E-state index in [1.165, 1.54) is 5.56 Å². The summed E-state index contributed by atoms with van der Waals surface area (Å²) >= 11 is 1.65. The first-order chi connectivity index (χ1) is 8.83. The molecule has 3 aromatic rings. The Hall–Kier alpha value is -2.13. The molecule has 2 aromatic carbocycles. The first kappa shape index (κ1) is 11.0. The van der Waals surface area contributed by atoms with Crippen LogP contribution in [0.25, 0.3) is 21.0 Å². The number of phenols is 1. The molecule has 3 heteroatoms. The summed E-state index contributed by atoms with van der Waals surface area (Å²) in [4.78, 5) is 5.58. The molecule has 0 unspecified atom stereocenters. The Bertz CT molecular complexity index is 644. The van der Waals surface area contributed by atoms with E-state index in [0.717, 1.165) is 15.4 Å².